The summed E-state index contributed by atoms with van der Waals surface area (Å²) in [5.74, 6) is -1.14. The second-order valence-electron chi connectivity index (χ2n) is 5.01. The van der Waals surface area contributed by atoms with Crippen molar-refractivity contribution in [3.8, 4) is 0 Å². The minimum absolute atomic E-state index is 0.0832. The van der Waals surface area contributed by atoms with Crippen molar-refractivity contribution in [1.29, 1.82) is 0 Å². The molecule has 0 aliphatic heterocycles. The second kappa shape index (κ2) is 6.39. The van der Waals surface area contributed by atoms with Gasteiger partial charge in [-0.25, -0.2) is 4.79 Å². The summed E-state index contributed by atoms with van der Waals surface area (Å²) in [5, 5.41) is 2.53. The molecular formula is C15H17NO5. The molecule has 0 spiro atoms. The van der Waals surface area contributed by atoms with Crippen LogP contribution >= 0.6 is 0 Å². The highest BCUT2D eigenvalue weighted by atomic mass is 16.5. The number of para-hydroxylation sites is 1. The number of methoxy groups -OCH3 is 1. The van der Waals surface area contributed by atoms with Gasteiger partial charge in [0.15, 0.2) is 6.61 Å². The van der Waals surface area contributed by atoms with Gasteiger partial charge in [-0.05, 0) is 24.5 Å². The molecule has 6 nitrogen and oxygen atoms in total. The van der Waals surface area contributed by atoms with Crippen LogP contribution in [0.4, 0.5) is 5.69 Å². The van der Waals surface area contributed by atoms with Crippen LogP contribution < -0.4 is 5.32 Å². The minimum atomic E-state index is -0.547. The number of nitrogens with one attached hydrogen (secondary N) is 1. The van der Waals surface area contributed by atoms with Crippen LogP contribution in [0.3, 0.4) is 0 Å². The molecule has 2 rings (SSSR count). The van der Waals surface area contributed by atoms with E-state index in [1.54, 1.807) is 24.3 Å². The standard InChI is InChI=1S/C15H17NO5/c1-9-7-11(9)15(19)21-8-13(17)16-12-6-4-3-5-10(12)14(18)20-2/h3-6,9,11H,7-8H2,1-2H3,(H,16,17)/t9-,11-/m0/s1. The summed E-state index contributed by atoms with van der Waals surface area (Å²) in [6.07, 6.45) is 0.811. The van der Waals surface area contributed by atoms with Gasteiger partial charge in [0.2, 0.25) is 0 Å². The number of benzene rings is 1. The van der Waals surface area contributed by atoms with Gasteiger partial charge in [-0.15, -0.1) is 0 Å². The van der Waals surface area contributed by atoms with Crippen molar-refractivity contribution in [2.75, 3.05) is 19.0 Å². The fraction of sp³-hybridized carbons (Fsp3) is 0.400. The van der Waals surface area contributed by atoms with E-state index in [9.17, 15) is 14.4 Å². The molecule has 0 unspecified atom stereocenters. The molecule has 0 bridgehead atoms. The van der Waals surface area contributed by atoms with Crippen molar-refractivity contribution in [3.05, 3.63) is 29.8 Å². The Balaban J connectivity index is 1.90. The van der Waals surface area contributed by atoms with Gasteiger partial charge in [-0.1, -0.05) is 19.1 Å². The van der Waals surface area contributed by atoms with Crippen LogP contribution in [0.5, 0.6) is 0 Å². The van der Waals surface area contributed by atoms with Crippen LogP contribution in [0.1, 0.15) is 23.7 Å². The van der Waals surface area contributed by atoms with Crippen LogP contribution in [0, 0.1) is 11.8 Å². The molecule has 112 valence electrons. The molecule has 0 radical (unpaired) electrons. The van der Waals surface area contributed by atoms with Gasteiger partial charge >= 0.3 is 11.9 Å². The topological polar surface area (TPSA) is 81.7 Å². The number of hydrogen-bond acceptors (Lipinski definition) is 5. The first-order valence-electron chi connectivity index (χ1n) is 6.66. The summed E-state index contributed by atoms with van der Waals surface area (Å²) in [6.45, 7) is 1.59. The van der Waals surface area contributed by atoms with Crippen molar-refractivity contribution < 1.29 is 23.9 Å². The highest BCUT2D eigenvalue weighted by Gasteiger charge is 2.40. The first-order valence-corrected chi connectivity index (χ1v) is 6.66. The summed E-state index contributed by atoms with van der Waals surface area (Å²) in [5.41, 5.74) is 0.570. The lowest BCUT2D eigenvalue weighted by atomic mass is 10.2. The third-order valence-corrected chi connectivity index (χ3v) is 3.36. The molecule has 0 saturated heterocycles. The molecule has 1 fully saturated rings. The number of carbonyl (C=O) groups is 3. The molecule has 1 saturated carbocycles. The summed E-state index contributed by atoms with van der Waals surface area (Å²) in [6, 6.07) is 6.46. The smallest absolute Gasteiger partial charge is 0.339 e. The number of hydrogen-bond donors (Lipinski definition) is 1. The number of esters is 2. The first-order chi connectivity index (χ1) is 10.0. The molecule has 2 atom stereocenters. The lowest BCUT2D eigenvalue weighted by Crippen LogP contribution is -2.23. The second-order valence-corrected chi connectivity index (χ2v) is 5.01. The Bertz CT molecular complexity index is 569. The Morgan fingerprint density at radius 3 is 2.57 bits per heavy atom. The number of amides is 1. The van der Waals surface area contributed by atoms with Crippen molar-refractivity contribution in [2.24, 2.45) is 11.8 Å². The summed E-state index contributed by atoms with van der Waals surface area (Å²) in [4.78, 5) is 34.8. The molecule has 1 amide bonds. The lowest BCUT2D eigenvalue weighted by Gasteiger charge is -2.09. The molecule has 6 heteroatoms. The highest BCUT2D eigenvalue weighted by molar-refractivity contribution is 6.01. The van der Waals surface area contributed by atoms with Crippen LogP contribution in [0.15, 0.2) is 24.3 Å². The van der Waals surface area contributed by atoms with E-state index in [-0.39, 0.29) is 24.1 Å². The third-order valence-electron chi connectivity index (χ3n) is 3.36. The predicted octanol–water partition coefficient (Wildman–Crippen LogP) is 1.61. The Hall–Kier alpha value is -2.37. The van der Waals surface area contributed by atoms with E-state index < -0.39 is 11.9 Å². The van der Waals surface area contributed by atoms with Gasteiger partial charge in [0.25, 0.3) is 5.91 Å². The zero-order valence-corrected chi connectivity index (χ0v) is 11.9. The quantitative estimate of drug-likeness (QED) is 0.833. The van der Waals surface area contributed by atoms with Crippen LogP contribution in [0.25, 0.3) is 0 Å². The molecule has 1 N–H and O–H groups in total. The number of anilines is 1. The van der Waals surface area contributed by atoms with Gasteiger partial charge in [-0.3, -0.25) is 9.59 Å². The summed E-state index contributed by atoms with van der Waals surface area (Å²) in [7, 11) is 1.26. The van der Waals surface area contributed by atoms with Gasteiger partial charge < -0.3 is 14.8 Å². The number of ether oxygens (including phenoxy) is 2. The largest absolute Gasteiger partial charge is 0.465 e. The number of carbonyl (C=O) groups excluding carboxylic acids is 3. The van der Waals surface area contributed by atoms with E-state index >= 15 is 0 Å². The van der Waals surface area contributed by atoms with Gasteiger partial charge in [0, 0.05) is 0 Å². The molecule has 1 aliphatic carbocycles. The Morgan fingerprint density at radius 1 is 1.29 bits per heavy atom. The molecule has 21 heavy (non-hydrogen) atoms. The average molecular weight is 291 g/mol. The molecule has 0 aromatic heterocycles. The van der Waals surface area contributed by atoms with Crippen LogP contribution in [-0.2, 0) is 19.1 Å². The predicted molar refractivity (Wildman–Crippen MR) is 74.6 cm³/mol. The van der Waals surface area contributed by atoms with E-state index in [4.69, 9.17) is 4.74 Å². The van der Waals surface area contributed by atoms with Crippen molar-refractivity contribution in [3.63, 3.8) is 0 Å². The maximum atomic E-state index is 11.8. The van der Waals surface area contributed by atoms with E-state index in [2.05, 4.69) is 10.1 Å². The fourth-order valence-electron chi connectivity index (χ4n) is 1.96. The summed E-state index contributed by atoms with van der Waals surface area (Å²) < 4.78 is 9.56. The first kappa shape index (κ1) is 15.0. The van der Waals surface area contributed by atoms with E-state index in [1.807, 2.05) is 6.92 Å². The van der Waals surface area contributed by atoms with Crippen molar-refractivity contribution in [2.45, 2.75) is 13.3 Å². The van der Waals surface area contributed by atoms with Gasteiger partial charge in [0.1, 0.15) is 0 Å². The maximum Gasteiger partial charge on any atom is 0.339 e. The molecule has 1 aliphatic rings. The monoisotopic (exact) mass is 291 g/mol. The normalized spacial score (nSPS) is 19.5. The minimum Gasteiger partial charge on any atom is -0.465 e. The zero-order valence-electron chi connectivity index (χ0n) is 11.9. The highest BCUT2D eigenvalue weighted by Crippen LogP contribution is 2.38. The van der Waals surface area contributed by atoms with E-state index in [0.717, 1.165) is 6.42 Å². The van der Waals surface area contributed by atoms with Crippen LogP contribution in [-0.4, -0.2) is 31.6 Å². The van der Waals surface area contributed by atoms with Crippen LogP contribution in [0.2, 0.25) is 0 Å². The molecular weight excluding hydrogens is 274 g/mol. The van der Waals surface area contributed by atoms with Gasteiger partial charge in [-0.2, -0.15) is 0 Å². The Labute approximate surface area is 122 Å². The van der Waals surface area contributed by atoms with Crippen molar-refractivity contribution >= 4 is 23.5 Å². The average Bonchev–Trinajstić information content (AvgIpc) is 3.21. The molecule has 1 aromatic rings. The fourth-order valence-corrected chi connectivity index (χ4v) is 1.96. The lowest BCUT2D eigenvalue weighted by molar-refractivity contribution is -0.148. The zero-order chi connectivity index (χ0) is 15.4. The van der Waals surface area contributed by atoms with E-state index in [0.29, 0.717) is 11.6 Å². The maximum absolute atomic E-state index is 11.8. The third kappa shape index (κ3) is 3.81. The Kier molecular flexibility index (Phi) is 4.57. The van der Waals surface area contributed by atoms with E-state index in [1.165, 1.54) is 7.11 Å². The summed E-state index contributed by atoms with van der Waals surface area (Å²) >= 11 is 0. The SMILES string of the molecule is COC(=O)c1ccccc1NC(=O)COC(=O)[C@H]1C[C@@H]1C. The van der Waals surface area contributed by atoms with Gasteiger partial charge in [0.05, 0.1) is 24.3 Å². The number of rotatable bonds is 5. The molecule has 1 aromatic carbocycles. The van der Waals surface area contributed by atoms with Crippen molar-refractivity contribution in [1.82, 2.24) is 0 Å². The molecule has 0 heterocycles. The Morgan fingerprint density at radius 2 is 1.95 bits per heavy atom.